The second kappa shape index (κ2) is 11.9. The summed E-state index contributed by atoms with van der Waals surface area (Å²) in [6, 6.07) is 0. The van der Waals surface area contributed by atoms with Gasteiger partial charge in [0.2, 0.25) is 5.91 Å². The fourth-order valence-corrected chi connectivity index (χ4v) is 16.0. The highest BCUT2D eigenvalue weighted by Gasteiger charge is 2.74. The number of carbonyl (C=O) groups is 3. The van der Waals surface area contributed by atoms with Crippen molar-refractivity contribution < 1.29 is 24.2 Å². The van der Waals surface area contributed by atoms with E-state index in [1.165, 1.54) is 51.4 Å². The van der Waals surface area contributed by atoms with Crippen molar-refractivity contribution in [1.29, 1.82) is 0 Å². The van der Waals surface area contributed by atoms with E-state index in [1.54, 1.807) is 0 Å². The van der Waals surface area contributed by atoms with Crippen LogP contribution in [0.25, 0.3) is 0 Å². The molecule has 1 heterocycles. The van der Waals surface area contributed by atoms with Crippen LogP contribution in [0, 0.1) is 79.3 Å². The van der Waals surface area contributed by atoms with E-state index in [4.69, 9.17) is 4.74 Å². The quantitative estimate of drug-likeness (QED) is 0.277. The molecule has 12 atom stereocenters. The van der Waals surface area contributed by atoms with Gasteiger partial charge in [0.05, 0.1) is 17.3 Å². The number of hydrogen-bond donors (Lipinski definition) is 1. The number of carbonyl (C=O) groups excluding carboxylic acids is 2. The first-order chi connectivity index (χ1) is 24.3. The normalized spacial score (nSPS) is 48.6. The van der Waals surface area contributed by atoms with Gasteiger partial charge in [-0.25, -0.2) is 0 Å². The van der Waals surface area contributed by atoms with E-state index < -0.39 is 17.3 Å². The number of fused-ring (bicyclic) bond motifs is 7. The molecule has 0 aromatic rings. The minimum atomic E-state index is -0.803. The lowest BCUT2D eigenvalue weighted by molar-refractivity contribution is -0.253. The average molecular weight is 721 g/mol. The van der Waals surface area contributed by atoms with Gasteiger partial charge in [-0.05, 0) is 147 Å². The summed E-state index contributed by atoms with van der Waals surface area (Å²) < 4.78 is 6.46. The van der Waals surface area contributed by atoms with Crippen molar-refractivity contribution in [2.75, 3.05) is 32.7 Å². The van der Waals surface area contributed by atoms with Gasteiger partial charge in [0.25, 0.3) is 0 Å². The molecular weight excluding hydrogens is 649 g/mol. The second-order valence-corrected chi connectivity index (χ2v) is 22.2. The molecule has 0 aromatic carbocycles. The summed E-state index contributed by atoms with van der Waals surface area (Å²) in [7, 11) is 0. The van der Waals surface area contributed by atoms with Gasteiger partial charge < -0.3 is 19.6 Å². The van der Waals surface area contributed by atoms with Crippen LogP contribution in [0.2, 0.25) is 0 Å². The summed E-state index contributed by atoms with van der Waals surface area (Å²) in [5.41, 5.74) is 0.170. The van der Waals surface area contributed by atoms with Crippen LogP contribution in [-0.2, 0) is 19.1 Å². The molecule has 7 aliphatic carbocycles. The van der Waals surface area contributed by atoms with E-state index in [9.17, 15) is 19.5 Å². The highest BCUT2D eigenvalue weighted by Crippen LogP contribution is 2.79. The number of carboxylic acid groups (broad SMARTS) is 1. The number of rotatable bonds is 6. The van der Waals surface area contributed by atoms with Crippen molar-refractivity contribution in [1.82, 2.24) is 9.80 Å². The zero-order valence-corrected chi connectivity index (χ0v) is 34.3. The Hall–Kier alpha value is -1.63. The molecule has 1 aliphatic heterocycles. The zero-order valence-electron chi connectivity index (χ0n) is 34.3. The van der Waals surface area contributed by atoms with Crippen molar-refractivity contribution in [3.05, 3.63) is 0 Å². The molecule has 8 aliphatic rings. The van der Waals surface area contributed by atoms with Crippen LogP contribution in [0.15, 0.2) is 0 Å². The Morgan fingerprint density at radius 2 is 1.37 bits per heavy atom. The van der Waals surface area contributed by atoms with Gasteiger partial charge in [0.1, 0.15) is 6.10 Å². The van der Waals surface area contributed by atoms with Gasteiger partial charge in [-0.3, -0.25) is 14.4 Å². The summed E-state index contributed by atoms with van der Waals surface area (Å²) >= 11 is 0. The van der Waals surface area contributed by atoms with Crippen molar-refractivity contribution in [3.63, 3.8) is 0 Å². The Balaban J connectivity index is 1.05. The van der Waals surface area contributed by atoms with Crippen molar-refractivity contribution in [2.45, 2.75) is 152 Å². The lowest BCUT2D eigenvalue weighted by Gasteiger charge is -2.73. The number of piperazine rings is 1. The molecule has 0 bridgehead atoms. The smallest absolute Gasteiger partial charge is 0.309 e. The first-order valence-electron chi connectivity index (χ1n) is 21.8. The molecule has 1 amide bonds. The van der Waals surface area contributed by atoms with Crippen LogP contribution in [0.1, 0.15) is 146 Å². The summed E-state index contributed by atoms with van der Waals surface area (Å²) in [6.45, 7) is 26.3. The monoisotopic (exact) mass is 721 g/mol. The topological polar surface area (TPSA) is 87.2 Å². The number of carboxylic acids is 1. The van der Waals surface area contributed by atoms with E-state index in [-0.39, 0.29) is 45.1 Å². The number of ether oxygens (including phenoxy) is 1. The fraction of sp³-hybridized carbons (Fsp3) is 0.933. The molecule has 7 nitrogen and oxygen atoms in total. The lowest BCUT2D eigenvalue weighted by Crippen LogP contribution is -2.68. The predicted molar refractivity (Wildman–Crippen MR) is 203 cm³/mol. The maximum absolute atomic E-state index is 15.0. The number of nitrogens with zero attached hydrogens (tertiary/aromatic N) is 2. The Morgan fingerprint density at radius 1 is 0.673 bits per heavy atom. The van der Waals surface area contributed by atoms with Crippen LogP contribution in [0.4, 0.5) is 0 Å². The Kier molecular flexibility index (Phi) is 8.56. The molecule has 7 saturated carbocycles. The molecular formula is C45H72N2O5. The molecule has 1 saturated heterocycles. The first kappa shape index (κ1) is 37.3. The molecule has 1 N–H and O–H groups in total. The molecule has 8 rings (SSSR count). The predicted octanol–water partition coefficient (Wildman–Crippen LogP) is 8.69. The number of aliphatic carboxylic acids is 1. The lowest BCUT2D eigenvalue weighted by atomic mass is 9.32. The number of esters is 1. The summed E-state index contributed by atoms with van der Waals surface area (Å²) in [5.74, 6) is 1.63. The van der Waals surface area contributed by atoms with Gasteiger partial charge in [0, 0.05) is 31.6 Å². The Labute approximate surface area is 315 Å². The Bertz CT molecular complexity index is 1480. The van der Waals surface area contributed by atoms with Crippen LogP contribution < -0.4 is 0 Å². The van der Waals surface area contributed by atoms with Gasteiger partial charge >= 0.3 is 11.9 Å². The minimum Gasteiger partial charge on any atom is -0.481 e. The molecule has 0 aromatic heterocycles. The molecule has 0 radical (unpaired) electrons. The van der Waals surface area contributed by atoms with Crippen LogP contribution in [-0.4, -0.2) is 71.6 Å². The maximum Gasteiger partial charge on any atom is 0.309 e. The van der Waals surface area contributed by atoms with Gasteiger partial charge in [-0.15, -0.1) is 0 Å². The van der Waals surface area contributed by atoms with Gasteiger partial charge in [0.15, 0.2) is 0 Å². The van der Waals surface area contributed by atoms with Gasteiger partial charge in [-0.2, -0.15) is 0 Å². The maximum atomic E-state index is 15.0. The highest BCUT2D eigenvalue weighted by molar-refractivity contribution is 5.84. The van der Waals surface area contributed by atoms with Gasteiger partial charge in [-0.1, -0.05) is 62.3 Å². The summed E-state index contributed by atoms with van der Waals surface area (Å²) in [5, 5.41) is 9.67. The standard InChI is InChI=1S/C45H72N2O5/c1-10-46-23-25-47(26-24-46)38(51)45-18-13-28(41(6)19-20-41)35(45)29-11-12-33-42(7)16-15-34(52-37(50)31-27-30(36(48)49)39(31,2)3)40(4,5)32(42)14-17-44(33,9)43(29,8)21-22-45/h28-35H,10-27H2,1-9H3,(H,48,49)/t28-,29-,30+,31-,32+,33-,34+,35-,42+,43-,44-,45+/m1/s1. The van der Waals surface area contributed by atoms with Crippen LogP contribution in [0.5, 0.6) is 0 Å². The second-order valence-electron chi connectivity index (χ2n) is 22.2. The third-order valence-corrected chi connectivity index (χ3v) is 19.9. The van der Waals surface area contributed by atoms with Crippen molar-refractivity contribution in [3.8, 4) is 0 Å². The number of hydrogen-bond acceptors (Lipinski definition) is 5. The third kappa shape index (κ3) is 4.93. The first-order valence-corrected chi connectivity index (χ1v) is 21.8. The highest BCUT2D eigenvalue weighted by atomic mass is 16.5. The zero-order chi connectivity index (χ0) is 37.4. The minimum absolute atomic E-state index is 0.131. The average Bonchev–Trinajstić information content (AvgIpc) is 3.70. The largest absolute Gasteiger partial charge is 0.481 e. The molecule has 8 fully saturated rings. The molecule has 0 spiro atoms. The van der Waals surface area contributed by atoms with E-state index >= 15 is 0 Å². The number of likely N-dealkylation sites (N-methyl/N-ethyl adjacent to an activating group) is 1. The third-order valence-electron chi connectivity index (χ3n) is 19.9. The molecule has 0 unspecified atom stereocenters. The summed E-state index contributed by atoms with van der Waals surface area (Å²) in [4.78, 5) is 45.2. The Morgan fingerprint density at radius 3 is 1.98 bits per heavy atom. The molecule has 7 heteroatoms. The van der Waals surface area contributed by atoms with Crippen LogP contribution in [0.3, 0.4) is 0 Å². The molecule has 52 heavy (non-hydrogen) atoms. The van der Waals surface area contributed by atoms with Crippen molar-refractivity contribution in [2.24, 2.45) is 79.3 Å². The molecule has 292 valence electrons. The van der Waals surface area contributed by atoms with E-state index in [0.717, 1.165) is 58.4 Å². The fourth-order valence-electron chi connectivity index (χ4n) is 16.0. The van der Waals surface area contributed by atoms with E-state index in [0.29, 0.717) is 47.3 Å². The number of amides is 1. The van der Waals surface area contributed by atoms with E-state index in [2.05, 4.69) is 58.3 Å². The van der Waals surface area contributed by atoms with Crippen LogP contribution >= 0.6 is 0 Å². The van der Waals surface area contributed by atoms with Crippen molar-refractivity contribution >= 4 is 17.8 Å². The SMILES string of the molecule is CCN1CCN(C(=O)[C@]23CC[C@@H](C4(C)CC4)[C@@H]2[C@H]2CC[C@@H]4[C@@]5(C)CC[C@H](OC(=O)[C@H]6C[C@@H](C(=O)O)C6(C)C)C(C)(C)[C@@H]5CC[C@@]4(C)[C@]2(C)CC3)CC1. The van der Waals surface area contributed by atoms with E-state index in [1.807, 2.05) is 13.8 Å². The summed E-state index contributed by atoms with van der Waals surface area (Å²) in [6.07, 6.45) is 14.4.